The Morgan fingerprint density at radius 1 is 1.59 bits per heavy atom. The van der Waals surface area contributed by atoms with E-state index >= 15 is 0 Å². The topological polar surface area (TPSA) is 58.6 Å². The molecule has 3 atom stereocenters. The number of nitrogens with one attached hydrogen (secondary N) is 1. The van der Waals surface area contributed by atoms with Crippen LogP contribution in [0.2, 0.25) is 0 Å². The number of rotatable bonds is 6. The number of carbonyl (C=O) groups is 1. The summed E-state index contributed by atoms with van der Waals surface area (Å²) >= 11 is 0. The summed E-state index contributed by atoms with van der Waals surface area (Å²) in [6, 6.07) is 0.228. The predicted molar refractivity (Wildman–Crippen MR) is 67.1 cm³/mol. The van der Waals surface area contributed by atoms with Crippen molar-refractivity contribution in [3.05, 3.63) is 0 Å². The highest BCUT2D eigenvalue weighted by atomic mass is 16.5. The maximum atomic E-state index is 11.6. The normalized spacial score (nSPS) is 31.1. The number of carboxylic acids is 1. The Balaban J connectivity index is 2.72. The number of carboxylic acid groups (broad SMARTS) is 1. The highest BCUT2D eigenvalue weighted by Crippen LogP contribution is 2.28. The molecule has 1 heterocycles. The average molecular weight is 243 g/mol. The van der Waals surface area contributed by atoms with Gasteiger partial charge in [-0.3, -0.25) is 10.1 Å². The summed E-state index contributed by atoms with van der Waals surface area (Å²) in [7, 11) is 0. The number of hydrogen-bond donors (Lipinski definition) is 2. The summed E-state index contributed by atoms with van der Waals surface area (Å²) in [4.78, 5) is 11.6. The van der Waals surface area contributed by atoms with Crippen LogP contribution in [0.1, 0.15) is 52.9 Å². The van der Waals surface area contributed by atoms with Gasteiger partial charge < -0.3 is 9.84 Å². The smallest absolute Gasteiger partial charge is 0.324 e. The Morgan fingerprint density at radius 2 is 2.29 bits per heavy atom. The van der Waals surface area contributed by atoms with Gasteiger partial charge in [-0.25, -0.2) is 0 Å². The van der Waals surface area contributed by atoms with Gasteiger partial charge in [0.15, 0.2) is 0 Å². The first-order chi connectivity index (χ1) is 8.04. The summed E-state index contributed by atoms with van der Waals surface area (Å²) in [6.07, 6.45) is 4.14. The molecule has 3 unspecified atom stereocenters. The molecule has 0 saturated carbocycles. The Bertz CT molecular complexity index is 255. The first-order valence-electron chi connectivity index (χ1n) is 6.66. The number of ether oxygens (including phenoxy) is 1. The van der Waals surface area contributed by atoms with Gasteiger partial charge in [0.05, 0.1) is 6.10 Å². The third-order valence-corrected chi connectivity index (χ3v) is 3.61. The molecule has 0 spiro atoms. The number of hydrogen-bond acceptors (Lipinski definition) is 3. The summed E-state index contributed by atoms with van der Waals surface area (Å²) in [6.45, 7) is 6.74. The molecule has 0 aromatic rings. The van der Waals surface area contributed by atoms with E-state index in [1.165, 1.54) is 0 Å². The van der Waals surface area contributed by atoms with Gasteiger partial charge in [0.1, 0.15) is 5.54 Å². The van der Waals surface area contributed by atoms with Crippen LogP contribution < -0.4 is 5.32 Å². The van der Waals surface area contributed by atoms with Crippen molar-refractivity contribution in [2.24, 2.45) is 0 Å². The van der Waals surface area contributed by atoms with E-state index in [4.69, 9.17) is 4.74 Å². The Morgan fingerprint density at radius 3 is 2.82 bits per heavy atom. The van der Waals surface area contributed by atoms with E-state index in [0.29, 0.717) is 19.4 Å². The first-order valence-corrected chi connectivity index (χ1v) is 6.66. The fourth-order valence-corrected chi connectivity index (χ4v) is 2.42. The van der Waals surface area contributed by atoms with E-state index in [0.717, 1.165) is 19.3 Å². The Labute approximate surface area is 104 Å². The van der Waals surface area contributed by atoms with Crippen molar-refractivity contribution in [2.75, 3.05) is 6.61 Å². The summed E-state index contributed by atoms with van der Waals surface area (Å²) in [5.74, 6) is -0.734. The molecule has 1 aliphatic heterocycles. The molecule has 2 N–H and O–H groups in total. The molecule has 1 fully saturated rings. The van der Waals surface area contributed by atoms with E-state index in [9.17, 15) is 9.90 Å². The summed E-state index contributed by atoms with van der Waals surface area (Å²) < 4.78 is 5.64. The van der Waals surface area contributed by atoms with Crippen LogP contribution in [0.15, 0.2) is 0 Å². The van der Waals surface area contributed by atoms with Crippen molar-refractivity contribution in [3.8, 4) is 0 Å². The molecule has 1 rings (SSSR count). The summed E-state index contributed by atoms with van der Waals surface area (Å²) in [5, 5.41) is 12.8. The van der Waals surface area contributed by atoms with Crippen LogP contribution in [0.5, 0.6) is 0 Å². The Kier molecular flexibility index (Phi) is 5.40. The molecule has 1 aliphatic rings. The largest absolute Gasteiger partial charge is 0.480 e. The Hall–Kier alpha value is -0.610. The van der Waals surface area contributed by atoms with Gasteiger partial charge in [0.25, 0.3) is 0 Å². The van der Waals surface area contributed by atoms with Crippen molar-refractivity contribution in [1.29, 1.82) is 0 Å². The zero-order valence-electron chi connectivity index (χ0n) is 11.2. The molecular formula is C13H25NO3. The van der Waals surface area contributed by atoms with Crippen molar-refractivity contribution in [3.63, 3.8) is 0 Å². The quantitative estimate of drug-likeness (QED) is 0.750. The van der Waals surface area contributed by atoms with Crippen molar-refractivity contribution in [2.45, 2.75) is 70.6 Å². The van der Waals surface area contributed by atoms with E-state index in [1.54, 1.807) is 0 Å². The van der Waals surface area contributed by atoms with Crippen molar-refractivity contribution >= 4 is 5.97 Å². The van der Waals surface area contributed by atoms with E-state index in [2.05, 4.69) is 19.2 Å². The van der Waals surface area contributed by atoms with Crippen molar-refractivity contribution in [1.82, 2.24) is 5.32 Å². The molecule has 0 aliphatic carbocycles. The fourth-order valence-electron chi connectivity index (χ4n) is 2.42. The van der Waals surface area contributed by atoms with Crippen LogP contribution in [0, 0.1) is 0 Å². The summed E-state index contributed by atoms with van der Waals surface area (Å²) in [5.41, 5.74) is -0.784. The van der Waals surface area contributed by atoms with Gasteiger partial charge in [-0.1, -0.05) is 20.3 Å². The second-order valence-electron chi connectivity index (χ2n) is 5.08. The van der Waals surface area contributed by atoms with Crippen LogP contribution >= 0.6 is 0 Å². The standard InChI is InChI=1S/C13H25NO3/c1-4-6-11-9-13(12(15)16,7-8-17-11)14-10(3)5-2/h10-11,14H,4-9H2,1-3H3,(H,15,16). The third-order valence-electron chi connectivity index (χ3n) is 3.61. The molecular weight excluding hydrogens is 218 g/mol. The second-order valence-corrected chi connectivity index (χ2v) is 5.08. The van der Waals surface area contributed by atoms with Gasteiger partial charge in [-0.15, -0.1) is 0 Å². The van der Waals surface area contributed by atoms with E-state index in [1.807, 2.05) is 6.92 Å². The van der Waals surface area contributed by atoms with Crippen LogP contribution in [0.4, 0.5) is 0 Å². The molecule has 1 saturated heterocycles. The molecule has 100 valence electrons. The van der Waals surface area contributed by atoms with Gasteiger partial charge in [0, 0.05) is 19.1 Å². The molecule has 4 nitrogen and oxygen atoms in total. The zero-order chi connectivity index (χ0) is 12.9. The maximum Gasteiger partial charge on any atom is 0.324 e. The van der Waals surface area contributed by atoms with Crippen LogP contribution in [0.3, 0.4) is 0 Å². The van der Waals surface area contributed by atoms with Gasteiger partial charge in [-0.05, 0) is 26.2 Å². The lowest BCUT2D eigenvalue weighted by molar-refractivity contribution is -0.153. The first kappa shape index (κ1) is 14.5. The second kappa shape index (κ2) is 6.36. The molecule has 0 aromatic heterocycles. The van der Waals surface area contributed by atoms with Gasteiger partial charge in [-0.2, -0.15) is 0 Å². The monoisotopic (exact) mass is 243 g/mol. The molecule has 0 radical (unpaired) electrons. The van der Waals surface area contributed by atoms with Gasteiger partial charge >= 0.3 is 5.97 Å². The highest BCUT2D eigenvalue weighted by Gasteiger charge is 2.43. The molecule has 0 amide bonds. The zero-order valence-corrected chi connectivity index (χ0v) is 11.2. The maximum absolute atomic E-state index is 11.6. The molecule has 0 bridgehead atoms. The lowest BCUT2D eigenvalue weighted by Gasteiger charge is -2.40. The van der Waals surface area contributed by atoms with Crippen molar-refractivity contribution < 1.29 is 14.6 Å². The average Bonchev–Trinajstić information content (AvgIpc) is 2.29. The lowest BCUT2D eigenvalue weighted by atomic mass is 9.84. The lowest BCUT2D eigenvalue weighted by Crippen LogP contribution is -2.59. The fraction of sp³-hybridized carbons (Fsp3) is 0.923. The third kappa shape index (κ3) is 3.68. The van der Waals surface area contributed by atoms with Crippen LogP contribution in [-0.2, 0) is 9.53 Å². The molecule has 0 aromatic carbocycles. The van der Waals surface area contributed by atoms with Crippen LogP contribution in [0.25, 0.3) is 0 Å². The predicted octanol–water partition coefficient (Wildman–Crippen LogP) is 2.18. The van der Waals surface area contributed by atoms with E-state index in [-0.39, 0.29) is 12.1 Å². The number of aliphatic carboxylic acids is 1. The van der Waals surface area contributed by atoms with Crippen LogP contribution in [-0.4, -0.2) is 35.4 Å². The SMILES string of the molecule is CCCC1CC(NC(C)CC)(C(=O)O)CCO1. The minimum Gasteiger partial charge on any atom is -0.480 e. The molecule has 4 heteroatoms. The molecule has 17 heavy (non-hydrogen) atoms. The minimum absolute atomic E-state index is 0.0846. The highest BCUT2D eigenvalue weighted by molar-refractivity contribution is 5.79. The van der Waals surface area contributed by atoms with E-state index < -0.39 is 11.5 Å². The van der Waals surface area contributed by atoms with Gasteiger partial charge in [0.2, 0.25) is 0 Å². The minimum atomic E-state index is -0.784.